The average Bonchev–Trinajstić information content (AvgIpc) is 2.42. The number of rotatable bonds is 0. The van der Waals surface area contributed by atoms with Crippen molar-refractivity contribution < 1.29 is 19.1 Å². The molecule has 0 aromatic heterocycles. The highest BCUT2D eigenvalue weighted by molar-refractivity contribution is 6.21. The molecule has 0 saturated carbocycles. The predicted octanol–water partition coefficient (Wildman–Crippen LogP) is 1.70. The number of carbonyl (C=O) groups excluding carboxylic acids is 3. The first-order valence-corrected chi connectivity index (χ1v) is 5.50. The van der Waals surface area contributed by atoms with E-state index in [2.05, 4.69) is 16.6 Å². The summed E-state index contributed by atoms with van der Waals surface area (Å²) in [4.78, 5) is 33.7. The second-order valence-corrected chi connectivity index (χ2v) is 3.95. The number of ether oxygens (including phenoxy) is 1. The van der Waals surface area contributed by atoms with Gasteiger partial charge < -0.3 is 4.74 Å². The Kier molecular flexibility index (Phi) is 2.39. The summed E-state index contributed by atoms with van der Waals surface area (Å²) in [5.74, 6) is 3.68. The molecule has 2 aromatic carbocycles. The van der Waals surface area contributed by atoms with Crippen LogP contribution >= 0.6 is 0 Å². The molecule has 4 nitrogen and oxygen atoms in total. The fraction of sp³-hybridized carbons (Fsp3) is 0. The first-order valence-electron chi connectivity index (χ1n) is 5.50. The van der Waals surface area contributed by atoms with Gasteiger partial charge in [-0.05, 0) is 29.5 Å². The molecule has 0 N–H and O–H groups in total. The third kappa shape index (κ3) is 1.60. The molecule has 0 atom stereocenters. The third-order valence-electron chi connectivity index (χ3n) is 2.93. The summed E-state index contributed by atoms with van der Waals surface area (Å²) in [6.45, 7) is 0. The fourth-order valence-corrected chi connectivity index (χ4v) is 2.16. The van der Waals surface area contributed by atoms with Gasteiger partial charge >= 0.3 is 11.9 Å². The lowest BCUT2D eigenvalue weighted by Crippen LogP contribution is -2.19. The smallest absolute Gasteiger partial charge is 0.346 e. The maximum Gasteiger partial charge on any atom is 0.346 e. The molecule has 0 radical (unpaired) electrons. The molecular weight excluding hydrogens is 244 g/mol. The van der Waals surface area contributed by atoms with Crippen molar-refractivity contribution in [2.45, 2.75) is 0 Å². The highest BCUT2D eigenvalue weighted by Crippen LogP contribution is 2.30. The lowest BCUT2D eigenvalue weighted by molar-refractivity contribution is -0.103. The lowest BCUT2D eigenvalue weighted by atomic mass is 9.94. The number of hydrogen-bond donors (Lipinski definition) is 0. The van der Waals surface area contributed by atoms with Gasteiger partial charge in [0.2, 0.25) is 0 Å². The molecule has 0 aliphatic carbocycles. The van der Waals surface area contributed by atoms with Crippen LogP contribution in [0.3, 0.4) is 0 Å². The number of hydrogen-bond acceptors (Lipinski definition) is 4. The van der Waals surface area contributed by atoms with Crippen LogP contribution in [-0.4, -0.2) is 18.2 Å². The first kappa shape index (κ1) is 11.2. The van der Waals surface area contributed by atoms with E-state index in [9.17, 15) is 14.4 Å². The van der Waals surface area contributed by atoms with Gasteiger partial charge in [-0.1, -0.05) is 18.1 Å². The topological polar surface area (TPSA) is 60.4 Å². The average molecular weight is 250 g/mol. The van der Waals surface area contributed by atoms with Crippen LogP contribution in [0.2, 0.25) is 0 Å². The van der Waals surface area contributed by atoms with Crippen molar-refractivity contribution in [1.82, 2.24) is 0 Å². The van der Waals surface area contributed by atoms with Gasteiger partial charge in [0.25, 0.3) is 0 Å². The summed E-state index contributed by atoms with van der Waals surface area (Å²) >= 11 is 0. The highest BCUT2D eigenvalue weighted by Gasteiger charge is 2.27. The summed E-state index contributed by atoms with van der Waals surface area (Å²) in [6, 6.07) is 8.22. The Morgan fingerprint density at radius 1 is 1.00 bits per heavy atom. The van der Waals surface area contributed by atoms with Crippen LogP contribution in [-0.2, 0) is 9.53 Å². The van der Waals surface area contributed by atoms with Crippen LogP contribution < -0.4 is 0 Å². The van der Waals surface area contributed by atoms with Gasteiger partial charge in [-0.2, -0.15) is 0 Å². The fourth-order valence-electron chi connectivity index (χ4n) is 2.16. The molecule has 0 spiro atoms. The van der Waals surface area contributed by atoms with Crippen LogP contribution in [0.5, 0.6) is 0 Å². The molecule has 1 heterocycles. The standard InChI is InChI=1S/C15H6O4/c16-8-2-3-9-6-7-12-13-10(9)4-1-5-11(13)14(17)19-15(12)18/h1,4-8H. The molecule has 0 amide bonds. The van der Waals surface area contributed by atoms with Gasteiger partial charge in [0.1, 0.15) is 0 Å². The summed E-state index contributed by atoms with van der Waals surface area (Å²) < 4.78 is 4.65. The van der Waals surface area contributed by atoms with Crippen molar-refractivity contribution in [1.29, 1.82) is 0 Å². The van der Waals surface area contributed by atoms with E-state index < -0.39 is 11.9 Å². The Bertz CT molecular complexity index is 786. The zero-order chi connectivity index (χ0) is 13.4. The van der Waals surface area contributed by atoms with E-state index in [1.807, 2.05) is 0 Å². The Morgan fingerprint density at radius 2 is 1.74 bits per heavy atom. The largest absolute Gasteiger partial charge is 0.386 e. The van der Waals surface area contributed by atoms with Gasteiger partial charge in [-0.15, -0.1) is 0 Å². The molecule has 0 bridgehead atoms. The van der Waals surface area contributed by atoms with E-state index in [1.54, 1.807) is 30.3 Å². The minimum absolute atomic E-state index is 0.335. The first-order chi connectivity index (χ1) is 9.22. The van der Waals surface area contributed by atoms with E-state index in [0.717, 1.165) is 0 Å². The Morgan fingerprint density at radius 3 is 2.47 bits per heavy atom. The van der Waals surface area contributed by atoms with Crippen LogP contribution in [0.25, 0.3) is 10.8 Å². The minimum Gasteiger partial charge on any atom is -0.386 e. The summed E-state index contributed by atoms with van der Waals surface area (Å²) in [5.41, 5.74) is 1.26. The second-order valence-electron chi connectivity index (χ2n) is 3.95. The van der Waals surface area contributed by atoms with E-state index in [4.69, 9.17) is 0 Å². The van der Waals surface area contributed by atoms with E-state index in [-0.39, 0.29) is 0 Å². The summed E-state index contributed by atoms with van der Waals surface area (Å²) in [6.07, 6.45) is 0.495. The van der Waals surface area contributed by atoms with Gasteiger partial charge in [-0.3, -0.25) is 4.79 Å². The normalized spacial score (nSPS) is 12.6. The van der Waals surface area contributed by atoms with Crippen LogP contribution in [0.1, 0.15) is 26.3 Å². The summed E-state index contributed by atoms with van der Waals surface area (Å²) in [7, 11) is 0. The van der Waals surface area contributed by atoms with Crippen molar-refractivity contribution >= 4 is 29.0 Å². The van der Waals surface area contributed by atoms with Crippen molar-refractivity contribution in [3.63, 3.8) is 0 Å². The van der Waals surface area contributed by atoms with Crippen molar-refractivity contribution in [2.24, 2.45) is 0 Å². The zero-order valence-electron chi connectivity index (χ0n) is 9.60. The maximum atomic E-state index is 11.7. The monoisotopic (exact) mass is 250 g/mol. The molecule has 90 valence electrons. The second kappa shape index (κ2) is 4.07. The Balaban J connectivity index is 2.45. The molecule has 3 rings (SSSR count). The number of benzene rings is 2. The molecule has 1 aliphatic rings. The van der Waals surface area contributed by atoms with Crippen LogP contribution in [0.4, 0.5) is 0 Å². The quantitative estimate of drug-likeness (QED) is 0.309. The van der Waals surface area contributed by atoms with E-state index >= 15 is 0 Å². The molecule has 4 heteroatoms. The number of carbonyl (C=O) groups is 3. The highest BCUT2D eigenvalue weighted by atomic mass is 16.6. The number of aldehydes is 1. The van der Waals surface area contributed by atoms with Crippen LogP contribution in [0.15, 0.2) is 30.3 Å². The van der Waals surface area contributed by atoms with E-state index in [1.165, 1.54) is 0 Å². The summed E-state index contributed by atoms with van der Waals surface area (Å²) in [5, 5.41) is 1.19. The van der Waals surface area contributed by atoms with Gasteiger partial charge in [0.05, 0.1) is 11.1 Å². The lowest BCUT2D eigenvalue weighted by Gasteiger charge is -2.15. The minimum atomic E-state index is -0.663. The van der Waals surface area contributed by atoms with Gasteiger partial charge in [-0.25, -0.2) is 9.59 Å². The van der Waals surface area contributed by atoms with E-state index in [0.29, 0.717) is 33.7 Å². The SMILES string of the molecule is O=CC#Cc1ccc2c3c(cccc13)C(=O)OC2=O. The Labute approximate surface area is 108 Å². The van der Waals surface area contributed by atoms with Crippen molar-refractivity contribution in [3.8, 4) is 11.8 Å². The van der Waals surface area contributed by atoms with Crippen LogP contribution in [0, 0.1) is 11.8 Å². The molecule has 0 saturated heterocycles. The predicted molar refractivity (Wildman–Crippen MR) is 66.6 cm³/mol. The van der Waals surface area contributed by atoms with Gasteiger partial charge in [0, 0.05) is 10.9 Å². The molecule has 2 aromatic rings. The molecule has 0 unspecified atom stereocenters. The molecule has 1 aliphatic heterocycles. The van der Waals surface area contributed by atoms with Crippen molar-refractivity contribution in [3.05, 3.63) is 47.0 Å². The number of cyclic esters (lactones) is 2. The third-order valence-corrected chi connectivity index (χ3v) is 2.93. The number of esters is 2. The molecular formula is C15H6O4. The maximum absolute atomic E-state index is 11.7. The van der Waals surface area contributed by atoms with Crippen molar-refractivity contribution in [2.75, 3.05) is 0 Å². The zero-order valence-corrected chi connectivity index (χ0v) is 9.60. The Hall–Kier alpha value is -2.93. The molecule has 19 heavy (non-hydrogen) atoms. The molecule has 0 fully saturated rings. The van der Waals surface area contributed by atoms with Gasteiger partial charge in [0.15, 0.2) is 6.29 Å².